The molecule has 1 N–H and O–H groups in total. The Labute approximate surface area is 170 Å². The number of likely N-dealkylation sites (tertiary alicyclic amines) is 1. The molecular formula is C24H36N4. The molecule has 4 nitrogen and oxygen atoms in total. The fourth-order valence-electron chi connectivity index (χ4n) is 4.93. The van der Waals surface area contributed by atoms with Crippen molar-refractivity contribution < 1.29 is 0 Å². The van der Waals surface area contributed by atoms with Crippen molar-refractivity contribution in [1.29, 1.82) is 0 Å². The van der Waals surface area contributed by atoms with Gasteiger partial charge >= 0.3 is 0 Å². The summed E-state index contributed by atoms with van der Waals surface area (Å²) in [6.45, 7) is 11.1. The van der Waals surface area contributed by atoms with Crippen LogP contribution >= 0.6 is 0 Å². The fourth-order valence-corrected chi connectivity index (χ4v) is 4.93. The van der Waals surface area contributed by atoms with Crippen LogP contribution in [0, 0.1) is 5.92 Å². The van der Waals surface area contributed by atoms with Crippen LogP contribution in [0.25, 0.3) is 10.9 Å². The van der Waals surface area contributed by atoms with Gasteiger partial charge in [-0.3, -0.25) is 0 Å². The van der Waals surface area contributed by atoms with Gasteiger partial charge in [0.1, 0.15) is 0 Å². The lowest BCUT2D eigenvalue weighted by molar-refractivity contribution is 0.152. The first-order valence-corrected chi connectivity index (χ1v) is 11.1. The Kier molecular flexibility index (Phi) is 6.38. The Morgan fingerprint density at radius 3 is 2.68 bits per heavy atom. The van der Waals surface area contributed by atoms with Crippen molar-refractivity contribution in [3.05, 3.63) is 43.1 Å². The van der Waals surface area contributed by atoms with Crippen molar-refractivity contribution in [2.45, 2.75) is 38.1 Å². The standard InChI is InChI=1S/C24H36N4/c1-3-4-14-26(2)23-5-6-24-21(18-23)9-17-28(24)22-10-15-27(16-11-22)19-20-7-12-25-13-8-20/h3,5-6,9,17-18,20,22,25H,1,4,7-8,10-16,19H2,2H3. The lowest BCUT2D eigenvalue weighted by Crippen LogP contribution is -2.40. The fraction of sp³-hybridized carbons (Fsp3) is 0.583. The van der Waals surface area contributed by atoms with Crippen LogP contribution in [0.3, 0.4) is 0 Å². The number of nitrogens with one attached hydrogen (secondary N) is 1. The first-order valence-electron chi connectivity index (χ1n) is 11.1. The maximum Gasteiger partial charge on any atom is 0.0484 e. The van der Waals surface area contributed by atoms with Crippen LogP contribution in [0.15, 0.2) is 43.1 Å². The van der Waals surface area contributed by atoms with Crippen LogP contribution in [-0.4, -0.2) is 55.8 Å². The van der Waals surface area contributed by atoms with Gasteiger partial charge in [0.15, 0.2) is 0 Å². The van der Waals surface area contributed by atoms with Crippen LogP contribution in [0.1, 0.15) is 38.1 Å². The van der Waals surface area contributed by atoms with Crippen molar-refractivity contribution in [2.24, 2.45) is 5.92 Å². The average molecular weight is 381 g/mol. The molecular weight excluding hydrogens is 344 g/mol. The molecule has 0 bridgehead atoms. The van der Waals surface area contributed by atoms with Gasteiger partial charge in [-0.25, -0.2) is 0 Å². The van der Waals surface area contributed by atoms with Gasteiger partial charge < -0.3 is 19.7 Å². The molecule has 152 valence electrons. The lowest BCUT2D eigenvalue weighted by atomic mass is 9.96. The summed E-state index contributed by atoms with van der Waals surface area (Å²) in [6, 6.07) is 9.86. The first-order chi connectivity index (χ1) is 13.7. The zero-order chi connectivity index (χ0) is 19.3. The number of hydrogen-bond donors (Lipinski definition) is 1. The van der Waals surface area contributed by atoms with Crippen molar-refractivity contribution in [1.82, 2.24) is 14.8 Å². The van der Waals surface area contributed by atoms with E-state index in [0.29, 0.717) is 6.04 Å². The van der Waals surface area contributed by atoms with E-state index in [2.05, 4.69) is 63.8 Å². The Bertz CT molecular complexity index is 766. The van der Waals surface area contributed by atoms with E-state index in [1.807, 2.05) is 6.08 Å². The summed E-state index contributed by atoms with van der Waals surface area (Å²) in [7, 11) is 2.17. The lowest BCUT2D eigenvalue weighted by Gasteiger charge is -2.36. The van der Waals surface area contributed by atoms with E-state index < -0.39 is 0 Å². The Balaban J connectivity index is 1.37. The summed E-state index contributed by atoms with van der Waals surface area (Å²) >= 11 is 0. The summed E-state index contributed by atoms with van der Waals surface area (Å²) in [5.74, 6) is 0.904. The summed E-state index contributed by atoms with van der Waals surface area (Å²) in [6.07, 6.45) is 10.6. The molecule has 0 aliphatic carbocycles. The number of piperidine rings is 2. The van der Waals surface area contributed by atoms with Crippen LogP contribution in [0.4, 0.5) is 5.69 Å². The van der Waals surface area contributed by atoms with Gasteiger partial charge in [-0.15, -0.1) is 6.58 Å². The minimum Gasteiger partial charge on any atom is -0.374 e. The molecule has 1 aromatic carbocycles. The molecule has 4 heteroatoms. The summed E-state index contributed by atoms with van der Waals surface area (Å²) in [5, 5.41) is 4.85. The maximum absolute atomic E-state index is 3.83. The Morgan fingerprint density at radius 1 is 1.14 bits per heavy atom. The third kappa shape index (κ3) is 4.44. The third-order valence-corrected chi connectivity index (χ3v) is 6.74. The van der Waals surface area contributed by atoms with E-state index in [-0.39, 0.29) is 0 Å². The minimum atomic E-state index is 0.645. The predicted octanol–water partition coefficient (Wildman–Crippen LogP) is 4.29. The molecule has 2 saturated heterocycles. The highest BCUT2D eigenvalue weighted by atomic mass is 15.2. The van der Waals surface area contributed by atoms with E-state index in [9.17, 15) is 0 Å². The van der Waals surface area contributed by atoms with E-state index in [1.165, 1.54) is 75.0 Å². The van der Waals surface area contributed by atoms with Gasteiger partial charge in [-0.1, -0.05) is 6.08 Å². The Morgan fingerprint density at radius 2 is 1.93 bits per heavy atom. The second-order valence-corrected chi connectivity index (χ2v) is 8.69. The molecule has 2 aliphatic heterocycles. The van der Waals surface area contributed by atoms with Gasteiger partial charge in [0.2, 0.25) is 0 Å². The number of benzene rings is 1. The van der Waals surface area contributed by atoms with Crippen molar-refractivity contribution in [3.8, 4) is 0 Å². The highest BCUT2D eigenvalue weighted by Gasteiger charge is 2.24. The molecule has 0 amide bonds. The number of hydrogen-bond acceptors (Lipinski definition) is 3. The third-order valence-electron chi connectivity index (χ3n) is 6.74. The van der Waals surface area contributed by atoms with E-state index >= 15 is 0 Å². The zero-order valence-electron chi connectivity index (χ0n) is 17.4. The highest BCUT2D eigenvalue weighted by molar-refractivity contribution is 5.84. The van der Waals surface area contributed by atoms with Gasteiger partial charge in [-0.2, -0.15) is 0 Å². The predicted molar refractivity (Wildman–Crippen MR) is 120 cm³/mol. The minimum absolute atomic E-state index is 0.645. The Hall–Kier alpha value is -1.78. The molecule has 1 aromatic heterocycles. The number of anilines is 1. The van der Waals surface area contributed by atoms with Gasteiger partial charge in [0.05, 0.1) is 0 Å². The summed E-state index contributed by atoms with van der Waals surface area (Å²) in [5.41, 5.74) is 2.68. The molecule has 0 radical (unpaired) electrons. The molecule has 2 aliphatic rings. The molecule has 28 heavy (non-hydrogen) atoms. The van der Waals surface area contributed by atoms with Gasteiger partial charge in [0.25, 0.3) is 0 Å². The van der Waals surface area contributed by atoms with Crippen LogP contribution in [0.5, 0.6) is 0 Å². The van der Waals surface area contributed by atoms with Gasteiger partial charge in [-0.05, 0) is 75.4 Å². The summed E-state index contributed by atoms with van der Waals surface area (Å²) < 4.78 is 2.53. The smallest absolute Gasteiger partial charge is 0.0484 e. The first kappa shape index (κ1) is 19.5. The van der Waals surface area contributed by atoms with E-state index in [0.717, 1.165) is 18.9 Å². The van der Waals surface area contributed by atoms with Gasteiger partial charge in [0, 0.05) is 62.1 Å². The highest BCUT2D eigenvalue weighted by Crippen LogP contribution is 2.30. The SMILES string of the molecule is C=CCCN(C)c1ccc2c(ccn2C2CCN(CC3CCNCC3)CC2)c1. The average Bonchev–Trinajstić information content (AvgIpc) is 3.16. The quantitative estimate of drug-likeness (QED) is 0.725. The number of nitrogens with zero attached hydrogens (tertiary/aromatic N) is 3. The van der Waals surface area contributed by atoms with Crippen molar-refractivity contribution in [3.63, 3.8) is 0 Å². The molecule has 0 saturated carbocycles. The maximum atomic E-state index is 3.83. The number of rotatable bonds is 7. The molecule has 4 rings (SSSR count). The molecule has 2 aromatic rings. The van der Waals surface area contributed by atoms with Crippen molar-refractivity contribution >= 4 is 16.6 Å². The molecule has 0 atom stereocenters. The number of fused-ring (bicyclic) bond motifs is 1. The monoisotopic (exact) mass is 380 g/mol. The van der Waals surface area contributed by atoms with E-state index in [1.54, 1.807) is 0 Å². The topological polar surface area (TPSA) is 23.4 Å². The summed E-state index contributed by atoms with van der Waals surface area (Å²) in [4.78, 5) is 5.03. The zero-order valence-corrected chi connectivity index (χ0v) is 17.4. The number of aromatic nitrogens is 1. The van der Waals surface area contributed by atoms with E-state index in [4.69, 9.17) is 0 Å². The second-order valence-electron chi connectivity index (χ2n) is 8.69. The largest absolute Gasteiger partial charge is 0.374 e. The molecule has 2 fully saturated rings. The second kappa shape index (κ2) is 9.15. The molecule has 0 unspecified atom stereocenters. The van der Waals surface area contributed by atoms with Crippen LogP contribution in [0.2, 0.25) is 0 Å². The van der Waals surface area contributed by atoms with Crippen LogP contribution in [-0.2, 0) is 0 Å². The molecule has 0 spiro atoms. The molecule has 3 heterocycles. The van der Waals surface area contributed by atoms with Crippen LogP contribution < -0.4 is 10.2 Å². The normalized spacial score (nSPS) is 19.9. The van der Waals surface area contributed by atoms with Crippen molar-refractivity contribution in [2.75, 3.05) is 51.2 Å².